The quantitative estimate of drug-likeness (QED) is 0.637. The number of fused-ring (bicyclic) bond motifs is 1. The second kappa shape index (κ2) is 3.06. The lowest BCUT2D eigenvalue weighted by molar-refractivity contribution is 0.329. The molecule has 2 aromatic rings. The molecule has 0 spiro atoms. The zero-order valence-electron chi connectivity index (χ0n) is 7.63. The predicted octanol–water partition coefficient (Wildman–Crippen LogP) is 0.232. The van der Waals surface area contributed by atoms with E-state index in [0.717, 1.165) is 0 Å². The van der Waals surface area contributed by atoms with E-state index in [9.17, 15) is 4.79 Å². The normalized spacial score (nSPS) is 10.6. The lowest BCUT2D eigenvalue weighted by atomic mass is 10.4. The molecule has 0 unspecified atom stereocenters. The van der Waals surface area contributed by atoms with Gasteiger partial charge in [-0.05, 0) is 6.92 Å². The Bertz CT molecular complexity index is 514. The van der Waals surface area contributed by atoms with Crippen LogP contribution < -0.4 is 16.0 Å². The van der Waals surface area contributed by atoms with Gasteiger partial charge >= 0.3 is 0 Å². The summed E-state index contributed by atoms with van der Waals surface area (Å²) in [5.74, 6) is 0.610. The van der Waals surface area contributed by atoms with Crippen molar-refractivity contribution in [3.05, 3.63) is 16.4 Å². The van der Waals surface area contributed by atoms with E-state index < -0.39 is 0 Å². The molecule has 0 atom stereocenters. The highest BCUT2D eigenvalue weighted by Gasteiger charge is 2.06. The first-order valence-electron chi connectivity index (χ1n) is 4.22. The Hall–Kier alpha value is -1.98. The van der Waals surface area contributed by atoms with Crippen LogP contribution in [-0.2, 0) is 0 Å². The molecule has 4 N–H and O–H groups in total. The summed E-state index contributed by atoms with van der Waals surface area (Å²) < 4.78 is 5.20. The number of hydrogen-bond acceptors (Lipinski definition) is 4. The van der Waals surface area contributed by atoms with Crippen LogP contribution in [0.1, 0.15) is 6.92 Å². The molecule has 0 fully saturated rings. The van der Waals surface area contributed by atoms with Crippen LogP contribution in [0.4, 0.5) is 5.95 Å². The van der Waals surface area contributed by atoms with E-state index in [2.05, 4.69) is 15.0 Å². The Morgan fingerprint density at radius 3 is 3.07 bits per heavy atom. The molecule has 0 saturated heterocycles. The highest BCUT2D eigenvalue weighted by Crippen LogP contribution is 2.15. The molecule has 0 saturated carbocycles. The number of ether oxygens (including phenoxy) is 1. The third-order valence-electron chi connectivity index (χ3n) is 1.79. The summed E-state index contributed by atoms with van der Waals surface area (Å²) >= 11 is 0. The first-order chi connectivity index (χ1) is 6.70. The molecule has 6 nitrogen and oxygen atoms in total. The lowest BCUT2D eigenvalue weighted by Gasteiger charge is -1.95. The van der Waals surface area contributed by atoms with Gasteiger partial charge < -0.3 is 15.5 Å². The van der Waals surface area contributed by atoms with Crippen LogP contribution in [0.25, 0.3) is 11.0 Å². The molecular weight excluding hydrogens is 184 g/mol. The highest BCUT2D eigenvalue weighted by molar-refractivity contribution is 5.77. The van der Waals surface area contributed by atoms with Crippen molar-refractivity contribution in [3.63, 3.8) is 0 Å². The fraction of sp³-hybridized carbons (Fsp3) is 0.250. The molecule has 0 aliphatic rings. The zero-order valence-corrected chi connectivity index (χ0v) is 7.63. The minimum Gasteiger partial charge on any atom is -0.479 e. The van der Waals surface area contributed by atoms with Crippen LogP contribution in [0.2, 0.25) is 0 Å². The average molecular weight is 194 g/mol. The van der Waals surface area contributed by atoms with Crippen LogP contribution in [0, 0.1) is 0 Å². The molecular formula is C8H10N4O2. The van der Waals surface area contributed by atoms with Gasteiger partial charge in [0.15, 0.2) is 5.88 Å². The number of nitrogen functional groups attached to an aromatic ring is 1. The highest BCUT2D eigenvalue weighted by atomic mass is 16.5. The van der Waals surface area contributed by atoms with Crippen LogP contribution in [0.5, 0.6) is 5.88 Å². The first kappa shape index (κ1) is 8.61. The fourth-order valence-corrected chi connectivity index (χ4v) is 1.25. The smallest absolute Gasteiger partial charge is 0.261 e. The molecule has 6 heteroatoms. The molecule has 0 bridgehead atoms. The maximum absolute atomic E-state index is 11.4. The fourth-order valence-electron chi connectivity index (χ4n) is 1.25. The van der Waals surface area contributed by atoms with Gasteiger partial charge in [-0.2, -0.15) is 4.98 Å². The van der Waals surface area contributed by atoms with Crippen molar-refractivity contribution in [2.45, 2.75) is 6.92 Å². The first-order valence-corrected chi connectivity index (χ1v) is 4.22. The molecule has 0 aliphatic carbocycles. The number of nitrogens with two attached hydrogens (primary N) is 1. The summed E-state index contributed by atoms with van der Waals surface area (Å²) in [5, 5.41) is 0.447. The van der Waals surface area contributed by atoms with Gasteiger partial charge in [0.05, 0.1) is 12.0 Å². The number of nitrogens with zero attached hydrogens (tertiary/aromatic N) is 1. The van der Waals surface area contributed by atoms with Gasteiger partial charge in [-0.1, -0.05) is 0 Å². The summed E-state index contributed by atoms with van der Waals surface area (Å²) in [6.45, 7) is 2.39. The third-order valence-corrected chi connectivity index (χ3v) is 1.79. The van der Waals surface area contributed by atoms with Crippen LogP contribution in [0.15, 0.2) is 10.9 Å². The molecule has 2 rings (SSSR count). The molecule has 0 aliphatic heterocycles. The maximum atomic E-state index is 11.4. The number of nitrogens with one attached hydrogen (secondary N) is 2. The molecule has 74 valence electrons. The number of anilines is 1. The largest absolute Gasteiger partial charge is 0.479 e. The Labute approximate surface area is 79.1 Å². The Kier molecular flexibility index (Phi) is 1.88. The minimum absolute atomic E-state index is 0.0902. The van der Waals surface area contributed by atoms with Crippen molar-refractivity contribution in [1.29, 1.82) is 0 Å². The topological polar surface area (TPSA) is 96.8 Å². The lowest BCUT2D eigenvalue weighted by Crippen LogP contribution is -2.09. The standard InChI is InChI=1S/C8H10N4O2/c1-2-14-5-3-4-6(10-5)11-8(9)12-7(4)13/h3H,2H2,1H3,(H4,9,10,11,12,13). The van der Waals surface area contributed by atoms with Crippen LogP contribution >= 0.6 is 0 Å². The monoisotopic (exact) mass is 194 g/mol. The summed E-state index contributed by atoms with van der Waals surface area (Å²) in [4.78, 5) is 20.5. The number of aromatic amines is 2. The molecule has 14 heavy (non-hydrogen) atoms. The number of rotatable bonds is 2. The number of H-pyrrole nitrogens is 2. The predicted molar refractivity (Wildman–Crippen MR) is 52.3 cm³/mol. The molecule has 0 amide bonds. The van der Waals surface area contributed by atoms with Crippen molar-refractivity contribution in [3.8, 4) is 5.88 Å². The number of hydrogen-bond donors (Lipinski definition) is 3. The zero-order chi connectivity index (χ0) is 10.1. The van der Waals surface area contributed by atoms with Gasteiger partial charge in [-0.15, -0.1) is 0 Å². The average Bonchev–Trinajstić information content (AvgIpc) is 2.48. The van der Waals surface area contributed by atoms with Gasteiger partial charge in [0.25, 0.3) is 5.56 Å². The Balaban J connectivity index is 2.65. The Morgan fingerprint density at radius 2 is 2.36 bits per heavy atom. The molecule has 2 heterocycles. The molecule has 0 aromatic carbocycles. The van der Waals surface area contributed by atoms with E-state index >= 15 is 0 Å². The van der Waals surface area contributed by atoms with E-state index in [1.165, 1.54) is 0 Å². The van der Waals surface area contributed by atoms with Crippen LogP contribution in [0.3, 0.4) is 0 Å². The van der Waals surface area contributed by atoms with Gasteiger partial charge in [-0.25, -0.2) is 0 Å². The third kappa shape index (κ3) is 1.30. The minimum atomic E-state index is -0.269. The maximum Gasteiger partial charge on any atom is 0.261 e. The van der Waals surface area contributed by atoms with Crippen molar-refractivity contribution in [1.82, 2.24) is 15.0 Å². The molecule has 2 aromatic heterocycles. The second-order valence-corrected chi connectivity index (χ2v) is 2.78. The summed E-state index contributed by atoms with van der Waals surface area (Å²) in [6, 6.07) is 1.60. The van der Waals surface area contributed by atoms with Crippen molar-refractivity contribution in [2.75, 3.05) is 12.3 Å². The van der Waals surface area contributed by atoms with Gasteiger partial charge in [0.1, 0.15) is 5.65 Å². The van der Waals surface area contributed by atoms with E-state index in [1.807, 2.05) is 6.92 Å². The van der Waals surface area contributed by atoms with Crippen molar-refractivity contribution < 1.29 is 4.74 Å². The van der Waals surface area contributed by atoms with Crippen molar-refractivity contribution in [2.24, 2.45) is 0 Å². The van der Waals surface area contributed by atoms with Gasteiger partial charge in [0.2, 0.25) is 5.95 Å². The summed E-state index contributed by atoms with van der Waals surface area (Å²) in [7, 11) is 0. The van der Waals surface area contributed by atoms with Gasteiger partial charge in [-0.3, -0.25) is 9.78 Å². The summed E-state index contributed by atoms with van der Waals surface area (Å²) in [6.07, 6.45) is 0. The van der Waals surface area contributed by atoms with E-state index in [4.69, 9.17) is 10.5 Å². The number of aromatic nitrogens is 3. The van der Waals surface area contributed by atoms with E-state index in [-0.39, 0.29) is 11.5 Å². The second-order valence-electron chi connectivity index (χ2n) is 2.78. The summed E-state index contributed by atoms with van der Waals surface area (Å²) in [5.41, 5.74) is 5.55. The molecule has 0 radical (unpaired) electrons. The van der Waals surface area contributed by atoms with E-state index in [0.29, 0.717) is 23.5 Å². The van der Waals surface area contributed by atoms with Crippen molar-refractivity contribution >= 4 is 17.0 Å². The van der Waals surface area contributed by atoms with Gasteiger partial charge in [0, 0.05) is 6.07 Å². The van der Waals surface area contributed by atoms with Crippen LogP contribution in [-0.4, -0.2) is 21.6 Å². The SMILES string of the molecule is CCOc1cc2c(=O)[nH]c(N)nc2[nH]1. The Morgan fingerprint density at radius 1 is 1.57 bits per heavy atom. The van der Waals surface area contributed by atoms with E-state index in [1.54, 1.807) is 6.07 Å².